The molecule has 1 heterocycles. The molecule has 0 atom stereocenters. The van der Waals surface area contributed by atoms with Crippen molar-refractivity contribution in [2.75, 3.05) is 0 Å². The van der Waals surface area contributed by atoms with Gasteiger partial charge in [0.25, 0.3) is 5.69 Å². The van der Waals surface area contributed by atoms with Gasteiger partial charge in [0.1, 0.15) is 11.6 Å². The fourth-order valence-electron chi connectivity index (χ4n) is 3.98. The van der Waals surface area contributed by atoms with Crippen LogP contribution in [0, 0.1) is 10.1 Å². The van der Waals surface area contributed by atoms with Crippen molar-refractivity contribution in [3.8, 4) is 33.8 Å². The lowest BCUT2D eigenvalue weighted by atomic mass is 10.0. The van der Waals surface area contributed by atoms with Gasteiger partial charge in [0, 0.05) is 41.0 Å². The zero-order chi connectivity index (χ0) is 25.2. The Morgan fingerprint density at radius 2 is 1.50 bits per heavy atom. The van der Waals surface area contributed by atoms with Crippen LogP contribution in [0.1, 0.15) is 11.4 Å². The number of phenolic OH excluding ortho intramolecular Hbond substituents is 1. The number of nitro benzene ring substituents is 1. The minimum atomic E-state index is -0.423. The molecular weight excluding hydrogens is 497 g/mol. The first-order chi connectivity index (χ1) is 17.4. The number of non-ortho nitro benzene ring substituents is 1. The van der Waals surface area contributed by atoms with Crippen LogP contribution in [-0.4, -0.2) is 19.6 Å². The Kier molecular flexibility index (Phi) is 6.46. The summed E-state index contributed by atoms with van der Waals surface area (Å²) in [5.41, 5.74) is 5.26. The number of nitro groups is 1. The molecule has 0 fully saturated rings. The molecule has 0 unspecified atom stereocenters. The lowest BCUT2D eigenvalue weighted by molar-refractivity contribution is -0.384. The van der Waals surface area contributed by atoms with Crippen molar-refractivity contribution in [3.63, 3.8) is 0 Å². The molecule has 0 aliphatic rings. The molecule has 6 nitrogen and oxygen atoms in total. The number of hydrogen-bond donors (Lipinski definition) is 1. The molecule has 4 aromatic carbocycles. The van der Waals surface area contributed by atoms with Crippen LogP contribution in [0.15, 0.2) is 97.2 Å². The molecule has 0 amide bonds. The Hall–Kier alpha value is -4.13. The molecule has 1 N–H and O–H groups in total. The molecule has 0 spiro atoms. The highest BCUT2D eigenvalue weighted by Crippen LogP contribution is 2.32. The largest absolute Gasteiger partial charge is 0.508 e. The molecule has 0 radical (unpaired) electrons. The fourth-order valence-corrected chi connectivity index (χ4v) is 4.49. The van der Waals surface area contributed by atoms with Crippen molar-refractivity contribution in [3.05, 3.63) is 129 Å². The average molecular weight is 516 g/mol. The highest BCUT2D eigenvalue weighted by Gasteiger charge is 2.15. The fraction of sp³-hybridized carbons (Fsp3) is 0.0357. The summed E-state index contributed by atoms with van der Waals surface area (Å²) in [6.07, 6.45) is 2.40. The molecule has 0 saturated heterocycles. The predicted molar refractivity (Wildman–Crippen MR) is 142 cm³/mol. The molecule has 1 aromatic heterocycles. The monoisotopic (exact) mass is 515 g/mol. The minimum absolute atomic E-state index is 0.0196. The second-order valence-electron chi connectivity index (χ2n) is 8.23. The standard InChI is InChI=1S/C28H19Cl2N3O3/c29-21-7-14-25(26(30)16-21)27-17-32(22-8-10-23(11-9-22)33(35)36)28(31-27)15-18-1-3-19(4-2-18)20-5-12-24(34)13-6-20/h1-14,16-17,34H,15H2. The molecule has 5 aromatic rings. The number of hydrogen-bond acceptors (Lipinski definition) is 4. The van der Waals surface area contributed by atoms with E-state index in [0.29, 0.717) is 22.2 Å². The third-order valence-electron chi connectivity index (χ3n) is 5.84. The number of halogens is 2. The summed E-state index contributed by atoms with van der Waals surface area (Å²) >= 11 is 12.5. The lowest BCUT2D eigenvalue weighted by Crippen LogP contribution is -2.02. The Labute approximate surface area is 217 Å². The smallest absolute Gasteiger partial charge is 0.269 e. The van der Waals surface area contributed by atoms with E-state index in [-0.39, 0.29) is 11.4 Å². The van der Waals surface area contributed by atoms with E-state index >= 15 is 0 Å². The molecule has 0 aliphatic heterocycles. The molecule has 5 rings (SSSR count). The van der Waals surface area contributed by atoms with Gasteiger partial charge in [0.15, 0.2) is 0 Å². The van der Waals surface area contributed by atoms with Crippen molar-refractivity contribution < 1.29 is 10.0 Å². The second-order valence-corrected chi connectivity index (χ2v) is 9.07. The van der Waals surface area contributed by atoms with E-state index in [1.807, 2.05) is 53.2 Å². The summed E-state index contributed by atoms with van der Waals surface area (Å²) in [5, 5.41) is 21.7. The van der Waals surface area contributed by atoms with Gasteiger partial charge in [-0.15, -0.1) is 0 Å². The minimum Gasteiger partial charge on any atom is -0.508 e. The summed E-state index contributed by atoms with van der Waals surface area (Å²) in [7, 11) is 0. The highest BCUT2D eigenvalue weighted by atomic mass is 35.5. The number of aromatic nitrogens is 2. The Bertz CT molecular complexity index is 1550. The number of imidazole rings is 1. The van der Waals surface area contributed by atoms with Crippen molar-refractivity contribution in [1.29, 1.82) is 0 Å². The Morgan fingerprint density at radius 1 is 0.861 bits per heavy atom. The van der Waals surface area contributed by atoms with Gasteiger partial charge in [0.05, 0.1) is 15.6 Å². The molecule has 0 bridgehead atoms. The van der Waals surface area contributed by atoms with E-state index < -0.39 is 4.92 Å². The van der Waals surface area contributed by atoms with Gasteiger partial charge in [0.2, 0.25) is 0 Å². The maximum absolute atomic E-state index is 11.1. The van der Waals surface area contributed by atoms with Gasteiger partial charge in [-0.3, -0.25) is 10.1 Å². The van der Waals surface area contributed by atoms with E-state index in [1.54, 1.807) is 36.4 Å². The summed E-state index contributed by atoms with van der Waals surface area (Å²) in [6, 6.07) is 26.8. The van der Waals surface area contributed by atoms with Crippen molar-refractivity contribution in [2.24, 2.45) is 0 Å². The van der Waals surface area contributed by atoms with Gasteiger partial charge >= 0.3 is 0 Å². The molecule has 8 heteroatoms. The number of nitrogens with zero attached hydrogens (tertiary/aromatic N) is 3. The van der Waals surface area contributed by atoms with Gasteiger partial charge < -0.3 is 9.67 Å². The van der Waals surface area contributed by atoms with Crippen LogP contribution in [0.5, 0.6) is 5.75 Å². The van der Waals surface area contributed by atoms with E-state index in [4.69, 9.17) is 28.2 Å². The van der Waals surface area contributed by atoms with Crippen LogP contribution in [-0.2, 0) is 6.42 Å². The maximum atomic E-state index is 11.1. The van der Waals surface area contributed by atoms with Gasteiger partial charge in [-0.1, -0.05) is 59.6 Å². The Balaban J connectivity index is 1.52. The second kappa shape index (κ2) is 9.85. The quantitative estimate of drug-likeness (QED) is 0.185. The summed E-state index contributed by atoms with van der Waals surface area (Å²) < 4.78 is 1.91. The molecule has 0 aliphatic carbocycles. The van der Waals surface area contributed by atoms with E-state index in [0.717, 1.165) is 33.8 Å². The third-order valence-corrected chi connectivity index (χ3v) is 6.39. The van der Waals surface area contributed by atoms with Gasteiger partial charge in [-0.25, -0.2) is 4.98 Å². The number of benzene rings is 4. The lowest BCUT2D eigenvalue weighted by Gasteiger charge is -2.09. The summed E-state index contributed by atoms with van der Waals surface area (Å²) in [6.45, 7) is 0. The van der Waals surface area contributed by atoms with E-state index in [2.05, 4.69) is 0 Å². The summed E-state index contributed by atoms with van der Waals surface area (Å²) in [5.74, 6) is 0.979. The SMILES string of the molecule is O=[N+]([O-])c1ccc(-n2cc(-c3ccc(Cl)cc3Cl)nc2Cc2ccc(-c3ccc(O)cc3)cc2)cc1. The van der Waals surface area contributed by atoms with Crippen LogP contribution in [0.2, 0.25) is 10.0 Å². The Morgan fingerprint density at radius 3 is 2.11 bits per heavy atom. The summed E-state index contributed by atoms with van der Waals surface area (Å²) in [4.78, 5) is 15.5. The van der Waals surface area contributed by atoms with Crippen molar-refractivity contribution in [1.82, 2.24) is 9.55 Å². The van der Waals surface area contributed by atoms with Crippen molar-refractivity contribution >= 4 is 28.9 Å². The first-order valence-electron chi connectivity index (χ1n) is 11.0. The number of phenols is 1. The van der Waals surface area contributed by atoms with Gasteiger partial charge in [-0.2, -0.15) is 0 Å². The van der Waals surface area contributed by atoms with Gasteiger partial charge in [-0.05, 0) is 59.2 Å². The first-order valence-corrected chi connectivity index (χ1v) is 11.8. The van der Waals surface area contributed by atoms with E-state index in [9.17, 15) is 15.2 Å². The van der Waals surface area contributed by atoms with Crippen LogP contribution >= 0.6 is 23.2 Å². The average Bonchev–Trinajstić information content (AvgIpc) is 3.28. The normalized spacial score (nSPS) is 10.9. The molecular formula is C28H19Cl2N3O3. The van der Waals surface area contributed by atoms with Crippen LogP contribution in [0.3, 0.4) is 0 Å². The van der Waals surface area contributed by atoms with Crippen LogP contribution in [0.25, 0.3) is 28.1 Å². The highest BCUT2D eigenvalue weighted by molar-refractivity contribution is 6.36. The van der Waals surface area contributed by atoms with Crippen LogP contribution in [0.4, 0.5) is 5.69 Å². The zero-order valence-corrected chi connectivity index (χ0v) is 20.3. The topological polar surface area (TPSA) is 81.2 Å². The van der Waals surface area contributed by atoms with Crippen LogP contribution < -0.4 is 0 Å². The van der Waals surface area contributed by atoms with E-state index in [1.165, 1.54) is 12.1 Å². The maximum Gasteiger partial charge on any atom is 0.269 e. The number of rotatable bonds is 6. The number of aromatic hydroxyl groups is 1. The van der Waals surface area contributed by atoms with Crippen molar-refractivity contribution in [2.45, 2.75) is 6.42 Å². The molecule has 0 saturated carbocycles. The molecule has 36 heavy (non-hydrogen) atoms. The zero-order valence-electron chi connectivity index (χ0n) is 18.8. The third kappa shape index (κ3) is 4.96. The molecule has 178 valence electrons. The first kappa shape index (κ1) is 23.6. The predicted octanol–water partition coefficient (Wildman–Crippen LogP) is 7.72.